The van der Waals surface area contributed by atoms with Crippen molar-refractivity contribution in [3.63, 3.8) is 0 Å². The van der Waals surface area contributed by atoms with E-state index in [4.69, 9.17) is 9.84 Å². The number of carboxylic acids is 1. The molecular weight excluding hydrogens is 264 g/mol. The van der Waals surface area contributed by atoms with E-state index in [1.54, 1.807) is 6.08 Å². The first-order chi connectivity index (χ1) is 10.2. The number of fused-ring (bicyclic) bond motifs is 1. The van der Waals surface area contributed by atoms with E-state index in [1.807, 2.05) is 36.4 Å². The normalized spacial score (nSPS) is 15.8. The summed E-state index contributed by atoms with van der Waals surface area (Å²) >= 11 is 0. The molecule has 1 aliphatic carbocycles. The number of carbonyl (C=O) groups is 1. The van der Waals surface area contributed by atoms with Crippen molar-refractivity contribution in [3.05, 3.63) is 48.0 Å². The first-order valence-electron chi connectivity index (χ1n) is 7.33. The maximum absolute atomic E-state index is 10.8. The Morgan fingerprint density at radius 3 is 2.67 bits per heavy atom. The Morgan fingerprint density at radius 1 is 1.14 bits per heavy atom. The van der Waals surface area contributed by atoms with Gasteiger partial charge in [0, 0.05) is 11.6 Å². The minimum absolute atomic E-state index is 0.253. The molecule has 21 heavy (non-hydrogen) atoms. The van der Waals surface area contributed by atoms with E-state index in [0.29, 0.717) is 0 Å². The van der Waals surface area contributed by atoms with Crippen molar-refractivity contribution in [2.24, 2.45) is 0 Å². The van der Waals surface area contributed by atoms with Crippen molar-refractivity contribution < 1.29 is 14.6 Å². The molecule has 2 aromatic rings. The van der Waals surface area contributed by atoms with E-state index in [9.17, 15) is 4.79 Å². The molecule has 1 fully saturated rings. The van der Waals surface area contributed by atoms with Gasteiger partial charge in [0.25, 0.3) is 0 Å². The van der Waals surface area contributed by atoms with Gasteiger partial charge in [-0.25, -0.2) is 4.79 Å². The largest absolute Gasteiger partial charge is 0.490 e. The lowest BCUT2D eigenvalue weighted by Crippen LogP contribution is -2.11. The molecule has 1 aliphatic rings. The van der Waals surface area contributed by atoms with Crippen LogP contribution in [0.15, 0.2) is 42.5 Å². The molecule has 0 aliphatic heterocycles. The zero-order valence-electron chi connectivity index (χ0n) is 11.8. The molecule has 1 N–H and O–H groups in total. The predicted octanol–water partition coefficient (Wildman–Crippen LogP) is 4.26. The Kier molecular flexibility index (Phi) is 3.91. The Labute approximate surface area is 123 Å². The standard InChI is InChI=1S/C18H18O3/c19-18(20)12-10-16-15-8-4-1-5-13(15)9-11-17(16)21-14-6-2-3-7-14/h1,4-5,8-12,14H,2-3,6-7H2,(H,19,20)/b12-10+. The first-order valence-corrected chi connectivity index (χ1v) is 7.33. The lowest BCUT2D eigenvalue weighted by molar-refractivity contribution is -0.131. The van der Waals surface area contributed by atoms with Gasteiger partial charge in [-0.2, -0.15) is 0 Å². The second-order valence-electron chi connectivity index (χ2n) is 5.39. The molecule has 108 valence electrons. The fourth-order valence-corrected chi connectivity index (χ4v) is 2.89. The number of ether oxygens (including phenoxy) is 1. The average Bonchev–Trinajstić information content (AvgIpc) is 2.98. The monoisotopic (exact) mass is 282 g/mol. The van der Waals surface area contributed by atoms with Crippen LogP contribution in [-0.4, -0.2) is 17.2 Å². The second-order valence-corrected chi connectivity index (χ2v) is 5.39. The number of aliphatic carboxylic acids is 1. The van der Waals surface area contributed by atoms with Crippen molar-refractivity contribution in [2.75, 3.05) is 0 Å². The third-order valence-corrected chi connectivity index (χ3v) is 3.92. The van der Waals surface area contributed by atoms with Gasteiger partial charge >= 0.3 is 5.97 Å². The number of benzene rings is 2. The Bertz CT molecular complexity index is 682. The molecule has 0 saturated heterocycles. The molecule has 3 heteroatoms. The van der Waals surface area contributed by atoms with E-state index >= 15 is 0 Å². The minimum atomic E-state index is -0.949. The predicted molar refractivity (Wildman–Crippen MR) is 83.5 cm³/mol. The fraction of sp³-hybridized carbons (Fsp3) is 0.278. The van der Waals surface area contributed by atoms with Crippen LogP contribution >= 0.6 is 0 Å². The molecule has 0 atom stereocenters. The zero-order chi connectivity index (χ0) is 14.7. The highest BCUT2D eigenvalue weighted by Gasteiger charge is 2.18. The summed E-state index contributed by atoms with van der Waals surface area (Å²) in [5, 5.41) is 11.0. The topological polar surface area (TPSA) is 46.5 Å². The lowest BCUT2D eigenvalue weighted by Gasteiger charge is -2.16. The zero-order valence-corrected chi connectivity index (χ0v) is 11.8. The Morgan fingerprint density at radius 2 is 1.90 bits per heavy atom. The van der Waals surface area contributed by atoms with Gasteiger partial charge in [-0.15, -0.1) is 0 Å². The summed E-state index contributed by atoms with van der Waals surface area (Å²) in [5.41, 5.74) is 0.849. The molecule has 1 saturated carbocycles. The van der Waals surface area contributed by atoms with Crippen LogP contribution in [0.4, 0.5) is 0 Å². The van der Waals surface area contributed by atoms with Gasteiger partial charge in [-0.3, -0.25) is 0 Å². The van der Waals surface area contributed by atoms with Gasteiger partial charge in [0.05, 0.1) is 6.10 Å². The summed E-state index contributed by atoms with van der Waals surface area (Å²) in [7, 11) is 0. The number of rotatable bonds is 4. The van der Waals surface area contributed by atoms with Crippen LogP contribution in [0.5, 0.6) is 5.75 Å². The highest BCUT2D eigenvalue weighted by Crippen LogP contribution is 2.32. The maximum atomic E-state index is 10.8. The van der Waals surface area contributed by atoms with Crippen molar-refractivity contribution >= 4 is 22.8 Å². The van der Waals surface area contributed by atoms with E-state index in [1.165, 1.54) is 18.9 Å². The molecule has 0 amide bonds. The smallest absolute Gasteiger partial charge is 0.328 e. The highest BCUT2D eigenvalue weighted by molar-refractivity contribution is 5.96. The summed E-state index contributed by atoms with van der Waals surface area (Å²) in [6, 6.07) is 11.9. The quantitative estimate of drug-likeness (QED) is 0.852. The number of hydrogen-bond donors (Lipinski definition) is 1. The van der Waals surface area contributed by atoms with E-state index < -0.39 is 5.97 Å². The van der Waals surface area contributed by atoms with Crippen molar-refractivity contribution in [1.29, 1.82) is 0 Å². The third-order valence-electron chi connectivity index (χ3n) is 3.92. The van der Waals surface area contributed by atoms with Crippen LogP contribution < -0.4 is 4.74 Å². The SMILES string of the molecule is O=C(O)/C=C/c1c(OC2CCCC2)ccc2ccccc12. The van der Waals surface area contributed by atoms with Crippen LogP contribution in [0.25, 0.3) is 16.8 Å². The van der Waals surface area contributed by atoms with Crippen molar-refractivity contribution in [3.8, 4) is 5.75 Å². The maximum Gasteiger partial charge on any atom is 0.328 e. The molecular formula is C18H18O3. The molecule has 3 nitrogen and oxygen atoms in total. The van der Waals surface area contributed by atoms with Gasteiger partial charge in [0.2, 0.25) is 0 Å². The third kappa shape index (κ3) is 3.07. The summed E-state index contributed by atoms with van der Waals surface area (Å²) in [6.07, 6.45) is 7.63. The van der Waals surface area contributed by atoms with Gasteiger partial charge in [-0.1, -0.05) is 30.3 Å². The molecule has 0 aromatic heterocycles. The molecule has 0 bridgehead atoms. The molecule has 0 heterocycles. The van der Waals surface area contributed by atoms with Gasteiger partial charge < -0.3 is 9.84 Å². The summed E-state index contributed by atoms with van der Waals surface area (Å²) in [6.45, 7) is 0. The summed E-state index contributed by atoms with van der Waals surface area (Å²) in [4.78, 5) is 10.8. The van der Waals surface area contributed by atoms with Crippen LogP contribution in [-0.2, 0) is 4.79 Å². The van der Waals surface area contributed by atoms with Crippen LogP contribution in [0.2, 0.25) is 0 Å². The highest BCUT2D eigenvalue weighted by atomic mass is 16.5. The fourth-order valence-electron chi connectivity index (χ4n) is 2.89. The second kappa shape index (κ2) is 6.00. The molecule has 0 radical (unpaired) electrons. The number of carboxylic acid groups (broad SMARTS) is 1. The molecule has 2 aromatic carbocycles. The number of hydrogen-bond acceptors (Lipinski definition) is 2. The Hall–Kier alpha value is -2.29. The van der Waals surface area contributed by atoms with Gasteiger partial charge in [0.15, 0.2) is 0 Å². The van der Waals surface area contributed by atoms with E-state index in [-0.39, 0.29) is 6.10 Å². The molecule has 0 spiro atoms. The minimum Gasteiger partial charge on any atom is -0.490 e. The van der Waals surface area contributed by atoms with Crippen LogP contribution in [0.1, 0.15) is 31.2 Å². The van der Waals surface area contributed by atoms with Gasteiger partial charge in [-0.05, 0) is 48.6 Å². The molecule has 3 rings (SSSR count). The van der Waals surface area contributed by atoms with Crippen molar-refractivity contribution in [2.45, 2.75) is 31.8 Å². The first kappa shape index (κ1) is 13.7. The molecule has 0 unspecified atom stereocenters. The van der Waals surface area contributed by atoms with E-state index in [2.05, 4.69) is 0 Å². The van der Waals surface area contributed by atoms with Gasteiger partial charge in [0.1, 0.15) is 5.75 Å². The summed E-state index contributed by atoms with van der Waals surface area (Å²) in [5.74, 6) is -0.173. The average molecular weight is 282 g/mol. The van der Waals surface area contributed by atoms with Crippen LogP contribution in [0, 0.1) is 0 Å². The van der Waals surface area contributed by atoms with E-state index in [0.717, 1.165) is 34.9 Å². The lowest BCUT2D eigenvalue weighted by atomic mass is 10.0. The van der Waals surface area contributed by atoms with Crippen molar-refractivity contribution in [1.82, 2.24) is 0 Å². The van der Waals surface area contributed by atoms with Crippen LogP contribution in [0.3, 0.4) is 0 Å². The summed E-state index contributed by atoms with van der Waals surface area (Å²) < 4.78 is 6.10. The Balaban J connectivity index is 2.04.